The van der Waals surface area contributed by atoms with E-state index in [9.17, 15) is 13.2 Å². The Balaban J connectivity index is 1.80. The van der Waals surface area contributed by atoms with Crippen LogP contribution >= 0.6 is 0 Å². The van der Waals surface area contributed by atoms with Crippen molar-refractivity contribution >= 4 is 26.9 Å². The van der Waals surface area contributed by atoms with E-state index in [-0.39, 0.29) is 18.5 Å². The first-order valence-electron chi connectivity index (χ1n) is 7.68. The second-order valence-corrected chi connectivity index (χ2v) is 7.75. The fourth-order valence-electron chi connectivity index (χ4n) is 2.96. The maximum absolute atomic E-state index is 12.8. The van der Waals surface area contributed by atoms with Gasteiger partial charge in [-0.3, -0.25) is 4.79 Å². The predicted molar refractivity (Wildman–Crippen MR) is 87.7 cm³/mol. The average molecular weight is 336 g/mol. The van der Waals surface area contributed by atoms with Gasteiger partial charge in [-0.1, -0.05) is 18.2 Å². The van der Waals surface area contributed by atoms with Gasteiger partial charge in [0.15, 0.2) is 5.76 Å². The number of rotatable bonds is 4. The van der Waals surface area contributed by atoms with Crippen LogP contribution in [-0.2, 0) is 10.0 Å². The molecule has 1 N–H and O–H groups in total. The number of likely N-dealkylation sites (tertiary alicyclic amines) is 1. The molecule has 1 aromatic heterocycles. The summed E-state index contributed by atoms with van der Waals surface area (Å²) in [6.45, 7) is 0.858. The summed E-state index contributed by atoms with van der Waals surface area (Å²) in [6, 6.07) is 9.08. The molecule has 1 aliphatic rings. The van der Waals surface area contributed by atoms with E-state index in [1.54, 1.807) is 11.0 Å². The van der Waals surface area contributed by atoms with Crippen molar-refractivity contribution in [1.82, 2.24) is 9.62 Å². The lowest BCUT2D eigenvalue weighted by Gasteiger charge is -2.35. The number of para-hydroxylation sites is 1. The van der Waals surface area contributed by atoms with E-state index in [0.717, 1.165) is 30.9 Å². The van der Waals surface area contributed by atoms with Crippen molar-refractivity contribution < 1.29 is 17.6 Å². The summed E-state index contributed by atoms with van der Waals surface area (Å²) in [5.74, 6) is 0.124. The zero-order valence-electron chi connectivity index (χ0n) is 13.0. The minimum Gasteiger partial charge on any atom is -0.451 e. The molecule has 1 aromatic carbocycles. The van der Waals surface area contributed by atoms with Gasteiger partial charge in [-0.2, -0.15) is 0 Å². The van der Waals surface area contributed by atoms with E-state index in [4.69, 9.17) is 4.42 Å². The predicted octanol–water partition coefficient (Wildman–Crippen LogP) is 1.98. The van der Waals surface area contributed by atoms with Crippen LogP contribution < -0.4 is 4.72 Å². The number of carbonyl (C=O) groups is 1. The molecular formula is C16H20N2O4S. The Bertz CT molecular complexity index is 779. The molecule has 0 bridgehead atoms. The number of carbonyl (C=O) groups excluding carboxylic acids is 1. The third-order valence-corrected chi connectivity index (χ3v) is 4.80. The molecule has 1 aliphatic heterocycles. The molecule has 0 spiro atoms. The molecule has 1 fully saturated rings. The van der Waals surface area contributed by atoms with Crippen LogP contribution in [-0.4, -0.2) is 44.6 Å². The smallest absolute Gasteiger partial charge is 0.289 e. The summed E-state index contributed by atoms with van der Waals surface area (Å²) in [6.07, 6.45) is 3.82. The molecule has 6 nitrogen and oxygen atoms in total. The average Bonchev–Trinajstić information content (AvgIpc) is 2.96. The van der Waals surface area contributed by atoms with Crippen LogP contribution in [0.5, 0.6) is 0 Å². The van der Waals surface area contributed by atoms with Crippen molar-refractivity contribution in [2.45, 2.75) is 25.3 Å². The van der Waals surface area contributed by atoms with Crippen molar-refractivity contribution in [2.24, 2.45) is 0 Å². The van der Waals surface area contributed by atoms with Gasteiger partial charge >= 0.3 is 0 Å². The topological polar surface area (TPSA) is 79.6 Å². The van der Waals surface area contributed by atoms with Crippen LogP contribution in [0.3, 0.4) is 0 Å². The quantitative estimate of drug-likeness (QED) is 0.926. The molecule has 1 amide bonds. The summed E-state index contributed by atoms with van der Waals surface area (Å²) in [5.41, 5.74) is 0.679. The third kappa shape index (κ3) is 3.73. The Hall–Kier alpha value is -1.86. The lowest BCUT2D eigenvalue weighted by Crippen LogP contribution is -2.49. The van der Waals surface area contributed by atoms with Crippen LogP contribution in [0.4, 0.5) is 0 Å². The first kappa shape index (κ1) is 16.0. The van der Waals surface area contributed by atoms with Crippen molar-refractivity contribution in [3.05, 3.63) is 36.1 Å². The van der Waals surface area contributed by atoms with Crippen LogP contribution in [0, 0.1) is 0 Å². The van der Waals surface area contributed by atoms with Crippen LogP contribution in [0.1, 0.15) is 29.8 Å². The number of nitrogens with zero attached hydrogens (tertiary/aromatic N) is 1. The summed E-state index contributed by atoms with van der Waals surface area (Å²) in [4.78, 5) is 14.5. The number of furan rings is 1. The molecule has 2 aromatic rings. The monoisotopic (exact) mass is 336 g/mol. The Morgan fingerprint density at radius 3 is 2.87 bits per heavy atom. The SMILES string of the molecule is CS(=O)(=O)NC[C@@H]1CCCCN1C(=O)c1cc2ccccc2o1. The molecule has 1 saturated heterocycles. The Labute approximate surface area is 135 Å². The number of hydrogen-bond acceptors (Lipinski definition) is 4. The zero-order chi connectivity index (χ0) is 16.4. The molecule has 0 aliphatic carbocycles. The lowest BCUT2D eigenvalue weighted by molar-refractivity contribution is 0.0588. The minimum atomic E-state index is -3.27. The van der Waals surface area contributed by atoms with Gasteiger partial charge in [0.1, 0.15) is 5.58 Å². The summed E-state index contributed by atoms with van der Waals surface area (Å²) in [7, 11) is -3.27. The maximum atomic E-state index is 12.8. The van der Waals surface area contributed by atoms with Crippen LogP contribution in [0.25, 0.3) is 11.0 Å². The van der Waals surface area contributed by atoms with Gasteiger partial charge in [0.2, 0.25) is 10.0 Å². The number of hydrogen-bond donors (Lipinski definition) is 1. The Kier molecular flexibility index (Phi) is 4.41. The number of fused-ring (bicyclic) bond motifs is 1. The summed E-state index contributed by atoms with van der Waals surface area (Å²) in [5, 5.41) is 0.888. The van der Waals surface area contributed by atoms with E-state index < -0.39 is 10.0 Å². The number of sulfonamides is 1. The summed E-state index contributed by atoms with van der Waals surface area (Å²) >= 11 is 0. The van der Waals surface area contributed by atoms with Crippen LogP contribution in [0.2, 0.25) is 0 Å². The number of amides is 1. The highest BCUT2D eigenvalue weighted by Gasteiger charge is 2.29. The fraction of sp³-hybridized carbons (Fsp3) is 0.438. The molecule has 0 radical (unpaired) electrons. The molecule has 2 heterocycles. The number of benzene rings is 1. The second-order valence-electron chi connectivity index (χ2n) is 5.92. The molecule has 1 atom stereocenters. The first-order chi connectivity index (χ1) is 10.9. The lowest BCUT2D eigenvalue weighted by atomic mass is 10.0. The van der Waals surface area contributed by atoms with Crippen LogP contribution in [0.15, 0.2) is 34.7 Å². The summed E-state index contributed by atoms with van der Waals surface area (Å²) < 4.78 is 30.8. The Morgan fingerprint density at radius 2 is 2.13 bits per heavy atom. The van der Waals surface area contributed by atoms with E-state index in [2.05, 4.69) is 4.72 Å². The largest absolute Gasteiger partial charge is 0.451 e. The number of nitrogens with one attached hydrogen (secondary N) is 1. The van der Waals surface area contributed by atoms with Gasteiger partial charge < -0.3 is 9.32 Å². The third-order valence-electron chi connectivity index (χ3n) is 4.11. The molecule has 124 valence electrons. The van der Waals surface area contributed by atoms with E-state index in [1.165, 1.54) is 0 Å². The molecule has 3 rings (SSSR count). The normalized spacial score (nSPS) is 19.2. The fourth-order valence-corrected chi connectivity index (χ4v) is 3.45. The van der Waals surface area contributed by atoms with Gasteiger partial charge in [0.05, 0.1) is 6.26 Å². The highest BCUT2D eigenvalue weighted by molar-refractivity contribution is 7.88. The zero-order valence-corrected chi connectivity index (χ0v) is 13.8. The van der Waals surface area contributed by atoms with Crippen molar-refractivity contribution in [2.75, 3.05) is 19.3 Å². The molecular weight excluding hydrogens is 316 g/mol. The Morgan fingerprint density at radius 1 is 1.35 bits per heavy atom. The highest BCUT2D eigenvalue weighted by atomic mass is 32.2. The first-order valence-corrected chi connectivity index (χ1v) is 9.57. The molecule has 23 heavy (non-hydrogen) atoms. The maximum Gasteiger partial charge on any atom is 0.289 e. The van der Waals surface area contributed by atoms with E-state index in [1.807, 2.05) is 24.3 Å². The van der Waals surface area contributed by atoms with Crippen molar-refractivity contribution in [3.63, 3.8) is 0 Å². The minimum absolute atomic E-state index is 0.140. The molecule has 0 unspecified atom stereocenters. The standard InChI is InChI=1S/C16H20N2O4S/c1-23(20,21)17-11-13-7-4-5-9-18(13)16(19)15-10-12-6-2-3-8-14(12)22-15/h2-3,6,8,10,13,17H,4-5,7,9,11H2,1H3/t13-/m0/s1. The van der Waals surface area contributed by atoms with Gasteiger partial charge in [0, 0.05) is 24.5 Å². The molecule has 7 heteroatoms. The highest BCUT2D eigenvalue weighted by Crippen LogP contribution is 2.24. The van der Waals surface area contributed by atoms with Crippen molar-refractivity contribution in [3.8, 4) is 0 Å². The van der Waals surface area contributed by atoms with Gasteiger partial charge in [-0.15, -0.1) is 0 Å². The number of piperidine rings is 1. The van der Waals surface area contributed by atoms with Gasteiger partial charge in [0.25, 0.3) is 5.91 Å². The second kappa shape index (κ2) is 6.33. The van der Waals surface area contributed by atoms with Gasteiger partial charge in [-0.05, 0) is 31.4 Å². The van der Waals surface area contributed by atoms with E-state index >= 15 is 0 Å². The van der Waals surface area contributed by atoms with Crippen molar-refractivity contribution in [1.29, 1.82) is 0 Å². The van der Waals surface area contributed by atoms with E-state index in [0.29, 0.717) is 17.9 Å². The van der Waals surface area contributed by atoms with Gasteiger partial charge in [-0.25, -0.2) is 13.1 Å². The molecule has 0 saturated carbocycles.